The van der Waals surface area contributed by atoms with Crippen LogP contribution in [0.2, 0.25) is 0 Å². The number of benzene rings is 2. The van der Waals surface area contributed by atoms with Crippen LogP contribution < -0.4 is 9.46 Å². The van der Waals surface area contributed by atoms with Crippen LogP contribution in [0.1, 0.15) is 43.0 Å². The molecule has 0 spiro atoms. The summed E-state index contributed by atoms with van der Waals surface area (Å²) in [5.41, 5.74) is 3.49. The monoisotopic (exact) mass is 495 g/mol. The molecule has 3 aromatic rings. The summed E-state index contributed by atoms with van der Waals surface area (Å²) < 4.78 is 43.3. The van der Waals surface area contributed by atoms with E-state index in [9.17, 15) is 13.7 Å². The molecule has 0 saturated carbocycles. The predicted molar refractivity (Wildman–Crippen MR) is 128 cm³/mol. The van der Waals surface area contributed by atoms with E-state index in [2.05, 4.69) is 25.7 Å². The lowest BCUT2D eigenvalue weighted by molar-refractivity contribution is 0.241. The number of sulfonamides is 1. The lowest BCUT2D eigenvalue weighted by atomic mass is 10.0. The van der Waals surface area contributed by atoms with Crippen LogP contribution in [0.3, 0.4) is 0 Å². The second kappa shape index (κ2) is 9.85. The minimum atomic E-state index is -3.73. The Morgan fingerprint density at radius 1 is 1.34 bits per heavy atom. The average Bonchev–Trinajstić information content (AvgIpc) is 3.46. The van der Waals surface area contributed by atoms with Crippen molar-refractivity contribution in [2.45, 2.75) is 38.8 Å². The first-order valence-electron chi connectivity index (χ1n) is 11.0. The summed E-state index contributed by atoms with van der Waals surface area (Å²) in [6.45, 7) is 3.77. The maximum Gasteiger partial charge on any atom is 0.258 e. The molecular weight excluding hydrogens is 470 g/mol. The largest absolute Gasteiger partial charge is 0.490 e. The summed E-state index contributed by atoms with van der Waals surface area (Å²) in [4.78, 5) is 4.53. The highest BCUT2D eigenvalue weighted by molar-refractivity contribution is 7.90. The summed E-state index contributed by atoms with van der Waals surface area (Å²) in [5, 5.41) is 21.1. The molecule has 11 heteroatoms. The highest BCUT2D eigenvalue weighted by Gasteiger charge is 2.30. The summed E-state index contributed by atoms with van der Waals surface area (Å²) >= 11 is 0. The lowest BCUT2D eigenvalue weighted by Gasteiger charge is -2.15. The number of hydrogen-bond donors (Lipinski definition) is 2. The van der Waals surface area contributed by atoms with Gasteiger partial charge in [-0.15, -0.1) is 0 Å². The quantitative estimate of drug-likeness (QED) is 0.355. The molecule has 0 aliphatic heterocycles. The van der Waals surface area contributed by atoms with Crippen molar-refractivity contribution in [1.82, 2.24) is 14.9 Å². The van der Waals surface area contributed by atoms with E-state index in [-0.39, 0.29) is 17.9 Å². The van der Waals surface area contributed by atoms with Gasteiger partial charge in [0, 0.05) is 17.2 Å². The predicted octanol–water partition coefficient (Wildman–Crippen LogP) is 3.59. The minimum Gasteiger partial charge on any atom is -0.490 e. The van der Waals surface area contributed by atoms with E-state index >= 15 is 0 Å². The fraction of sp³-hybridized carbons (Fsp3) is 0.333. The molecule has 1 atom stereocenters. The summed E-state index contributed by atoms with van der Waals surface area (Å²) in [7, 11) is -2.47. The standard InChI is InChI=1S/C24H25N5O5S/c1-14(2)33-21-10-7-15(11-16(21)12-25)24-27-23(28-34-24)19-6-4-5-18-17(19)8-9-20(18)29-35(30,31)13-22(26)32-3/h4-7,10-11,14,20,26,29H,8-9,13H2,1-3H3. The van der Waals surface area contributed by atoms with Crippen molar-refractivity contribution in [2.75, 3.05) is 12.9 Å². The van der Waals surface area contributed by atoms with Crippen LogP contribution in [-0.2, 0) is 21.2 Å². The first kappa shape index (κ1) is 24.4. The minimum absolute atomic E-state index is 0.0661. The van der Waals surface area contributed by atoms with Crippen molar-refractivity contribution >= 4 is 15.9 Å². The van der Waals surface area contributed by atoms with E-state index in [0.717, 1.165) is 16.7 Å². The van der Waals surface area contributed by atoms with Crippen LogP contribution in [-0.4, -0.2) is 43.4 Å². The van der Waals surface area contributed by atoms with E-state index in [1.807, 2.05) is 32.0 Å². The molecule has 0 amide bonds. The number of aromatic nitrogens is 2. The zero-order valence-corrected chi connectivity index (χ0v) is 20.3. The van der Waals surface area contributed by atoms with Gasteiger partial charge in [-0.25, -0.2) is 13.1 Å². The Bertz CT molecular complexity index is 1410. The number of fused-ring (bicyclic) bond motifs is 1. The Balaban J connectivity index is 1.60. The molecule has 2 aromatic carbocycles. The second-order valence-corrected chi connectivity index (χ2v) is 10.1. The topological polar surface area (TPSA) is 151 Å². The van der Waals surface area contributed by atoms with Gasteiger partial charge in [0.15, 0.2) is 5.90 Å². The van der Waals surface area contributed by atoms with Gasteiger partial charge in [-0.3, -0.25) is 5.41 Å². The van der Waals surface area contributed by atoms with Gasteiger partial charge in [-0.05, 0) is 56.0 Å². The Kier molecular flexibility index (Phi) is 6.86. The molecule has 1 aliphatic rings. The van der Waals surface area contributed by atoms with Gasteiger partial charge >= 0.3 is 0 Å². The van der Waals surface area contributed by atoms with Gasteiger partial charge in [0.2, 0.25) is 15.8 Å². The molecule has 1 aliphatic carbocycles. The first-order valence-corrected chi connectivity index (χ1v) is 12.6. The highest BCUT2D eigenvalue weighted by atomic mass is 32.2. The molecule has 10 nitrogen and oxygen atoms in total. The van der Waals surface area contributed by atoms with E-state index in [0.29, 0.717) is 35.5 Å². The van der Waals surface area contributed by atoms with E-state index in [1.165, 1.54) is 7.11 Å². The molecule has 1 heterocycles. The summed E-state index contributed by atoms with van der Waals surface area (Å²) in [5.74, 6) is 0.281. The molecule has 0 fully saturated rings. The van der Waals surface area contributed by atoms with Gasteiger partial charge < -0.3 is 14.0 Å². The number of ether oxygens (including phenoxy) is 2. The SMILES string of the molecule is COC(=N)CS(=O)(=O)NC1CCc2c(-c3noc(-c4ccc(OC(C)C)c(C#N)c4)n3)cccc21. The molecule has 2 N–H and O–H groups in total. The fourth-order valence-electron chi connectivity index (χ4n) is 4.03. The number of nitrogens with zero attached hydrogens (tertiary/aromatic N) is 3. The van der Waals surface area contributed by atoms with Crippen LogP contribution in [0.25, 0.3) is 22.8 Å². The Morgan fingerprint density at radius 2 is 2.14 bits per heavy atom. The molecule has 35 heavy (non-hydrogen) atoms. The Labute approximate surface area is 203 Å². The Hall–Kier alpha value is -3.75. The third kappa shape index (κ3) is 5.34. The van der Waals surface area contributed by atoms with Crippen molar-refractivity contribution in [3.05, 3.63) is 53.1 Å². The summed E-state index contributed by atoms with van der Waals surface area (Å²) in [6, 6.07) is 12.4. The van der Waals surface area contributed by atoms with Crippen molar-refractivity contribution in [1.29, 1.82) is 10.7 Å². The number of hydrogen-bond acceptors (Lipinski definition) is 9. The number of nitrogens with one attached hydrogen (secondary N) is 2. The molecule has 1 aromatic heterocycles. The van der Waals surface area contributed by atoms with Crippen LogP contribution in [0.15, 0.2) is 40.9 Å². The lowest BCUT2D eigenvalue weighted by Crippen LogP contribution is -2.32. The molecule has 182 valence electrons. The smallest absolute Gasteiger partial charge is 0.258 e. The third-order valence-electron chi connectivity index (χ3n) is 5.54. The van der Waals surface area contributed by atoms with Crippen molar-refractivity contribution in [2.24, 2.45) is 0 Å². The van der Waals surface area contributed by atoms with Gasteiger partial charge in [-0.1, -0.05) is 23.4 Å². The van der Waals surface area contributed by atoms with Crippen molar-refractivity contribution in [3.8, 4) is 34.7 Å². The molecule has 0 saturated heterocycles. The maximum atomic E-state index is 12.4. The molecule has 0 radical (unpaired) electrons. The van der Waals surface area contributed by atoms with Gasteiger partial charge in [0.1, 0.15) is 17.6 Å². The first-order chi connectivity index (χ1) is 16.7. The maximum absolute atomic E-state index is 12.4. The highest BCUT2D eigenvalue weighted by Crippen LogP contribution is 2.38. The molecule has 1 unspecified atom stereocenters. The summed E-state index contributed by atoms with van der Waals surface area (Å²) in [6.07, 6.45) is 1.13. The van der Waals surface area contributed by atoms with Gasteiger partial charge in [0.25, 0.3) is 5.89 Å². The normalized spacial score (nSPS) is 15.0. The molecular formula is C24H25N5O5S. The fourth-order valence-corrected chi connectivity index (χ4v) is 5.26. The van der Waals surface area contributed by atoms with Crippen molar-refractivity contribution in [3.63, 3.8) is 0 Å². The second-order valence-electron chi connectivity index (χ2n) is 8.38. The van der Waals surface area contributed by atoms with E-state index < -0.39 is 21.8 Å². The van der Waals surface area contributed by atoms with Crippen molar-refractivity contribution < 1.29 is 22.4 Å². The van der Waals surface area contributed by atoms with Gasteiger partial charge in [-0.2, -0.15) is 10.2 Å². The van der Waals surface area contributed by atoms with E-state index in [1.54, 1.807) is 18.2 Å². The number of nitriles is 1. The van der Waals surface area contributed by atoms with Crippen LogP contribution in [0, 0.1) is 16.7 Å². The van der Waals surface area contributed by atoms with Crippen LogP contribution >= 0.6 is 0 Å². The number of rotatable bonds is 8. The average molecular weight is 496 g/mol. The zero-order valence-electron chi connectivity index (χ0n) is 19.5. The Morgan fingerprint density at radius 3 is 2.86 bits per heavy atom. The van der Waals surface area contributed by atoms with Crippen LogP contribution in [0.5, 0.6) is 5.75 Å². The molecule has 4 rings (SSSR count). The molecule has 0 bridgehead atoms. The van der Waals surface area contributed by atoms with E-state index in [4.69, 9.17) is 14.7 Å². The van der Waals surface area contributed by atoms with Crippen LogP contribution in [0.4, 0.5) is 0 Å². The van der Waals surface area contributed by atoms with Gasteiger partial charge in [0.05, 0.1) is 18.8 Å². The zero-order chi connectivity index (χ0) is 25.2. The third-order valence-corrected chi connectivity index (χ3v) is 6.82. The number of methoxy groups -OCH3 is 1.